The second-order valence-electron chi connectivity index (χ2n) is 3.18. The zero-order valence-corrected chi connectivity index (χ0v) is 6.27. The van der Waals surface area contributed by atoms with Crippen molar-refractivity contribution >= 4 is 5.84 Å². The van der Waals surface area contributed by atoms with E-state index in [0.717, 1.165) is 12.8 Å². The van der Waals surface area contributed by atoms with Crippen molar-refractivity contribution in [2.45, 2.75) is 25.7 Å². The molecule has 1 rings (SSSR count). The zero-order valence-electron chi connectivity index (χ0n) is 6.27. The van der Waals surface area contributed by atoms with E-state index in [1.165, 1.54) is 12.8 Å². The first-order valence-electron chi connectivity index (χ1n) is 3.87. The smallest absolute Gasteiger partial charge is 0.0937 e. The van der Waals surface area contributed by atoms with Gasteiger partial charge in [0.1, 0.15) is 0 Å². The highest BCUT2D eigenvalue weighted by Crippen LogP contribution is 2.27. The molecule has 0 aromatic rings. The summed E-state index contributed by atoms with van der Waals surface area (Å²) < 4.78 is 0. The Bertz CT molecular complexity index is 131. The average Bonchev–Trinajstić information content (AvgIpc) is 1.88. The van der Waals surface area contributed by atoms with E-state index in [1.54, 1.807) is 0 Å². The minimum atomic E-state index is 0.330. The SMILES string of the molecule is [CH2]C1CCCC(C(=N)N)C1. The van der Waals surface area contributed by atoms with Crippen molar-refractivity contribution in [1.82, 2.24) is 0 Å². The summed E-state index contributed by atoms with van der Waals surface area (Å²) in [7, 11) is 0. The Morgan fingerprint density at radius 3 is 2.60 bits per heavy atom. The van der Waals surface area contributed by atoms with E-state index in [9.17, 15) is 0 Å². The standard InChI is InChI=1S/C8H15N2/c1-6-3-2-4-7(5-6)8(9)10/h6-7H,1-5H2,(H3,9,10). The molecule has 2 unspecified atom stereocenters. The van der Waals surface area contributed by atoms with E-state index in [0.29, 0.717) is 17.7 Å². The van der Waals surface area contributed by atoms with E-state index in [1.807, 2.05) is 0 Å². The van der Waals surface area contributed by atoms with Gasteiger partial charge < -0.3 is 5.73 Å². The van der Waals surface area contributed by atoms with E-state index in [2.05, 4.69) is 6.92 Å². The summed E-state index contributed by atoms with van der Waals surface area (Å²) >= 11 is 0. The van der Waals surface area contributed by atoms with Gasteiger partial charge in [0, 0.05) is 5.92 Å². The number of hydrogen-bond acceptors (Lipinski definition) is 1. The third-order valence-corrected chi connectivity index (χ3v) is 2.22. The van der Waals surface area contributed by atoms with E-state index >= 15 is 0 Å². The highest BCUT2D eigenvalue weighted by atomic mass is 14.7. The lowest BCUT2D eigenvalue weighted by molar-refractivity contribution is 0.363. The maximum Gasteiger partial charge on any atom is 0.0937 e. The number of nitrogens with two attached hydrogens (primary N) is 1. The average molecular weight is 139 g/mol. The summed E-state index contributed by atoms with van der Waals surface area (Å²) in [4.78, 5) is 0. The van der Waals surface area contributed by atoms with Crippen molar-refractivity contribution < 1.29 is 0 Å². The van der Waals surface area contributed by atoms with Crippen LogP contribution in [0.25, 0.3) is 0 Å². The van der Waals surface area contributed by atoms with E-state index in [4.69, 9.17) is 11.1 Å². The molecule has 1 aliphatic rings. The van der Waals surface area contributed by atoms with Gasteiger partial charge in [-0.1, -0.05) is 19.8 Å². The van der Waals surface area contributed by atoms with Gasteiger partial charge in [0.15, 0.2) is 0 Å². The highest BCUT2D eigenvalue weighted by Gasteiger charge is 2.20. The molecular weight excluding hydrogens is 124 g/mol. The van der Waals surface area contributed by atoms with Crippen LogP contribution in [0.1, 0.15) is 25.7 Å². The fourth-order valence-electron chi connectivity index (χ4n) is 1.57. The minimum absolute atomic E-state index is 0.330. The van der Waals surface area contributed by atoms with Gasteiger partial charge in [-0.2, -0.15) is 0 Å². The van der Waals surface area contributed by atoms with Crippen molar-refractivity contribution in [2.24, 2.45) is 17.6 Å². The normalized spacial score (nSPS) is 33.7. The Hall–Kier alpha value is -0.530. The molecule has 3 N–H and O–H groups in total. The molecular formula is C8H15N2. The first kappa shape index (κ1) is 7.58. The number of rotatable bonds is 1. The van der Waals surface area contributed by atoms with Crippen LogP contribution < -0.4 is 5.73 Å². The molecule has 0 aromatic heterocycles. The fourth-order valence-corrected chi connectivity index (χ4v) is 1.57. The molecule has 0 bridgehead atoms. The molecule has 1 aliphatic carbocycles. The van der Waals surface area contributed by atoms with Gasteiger partial charge in [-0.3, -0.25) is 5.41 Å². The second-order valence-corrected chi connectivity index (χ2v) is 3.18. The summed E-state index contributed by atoms with van der Waals surface area (Å²) in [5.74, 6) is 1.22. The molecule has 0 aliphatic heterocycles. The Balaban J connectivity index is 2.39. The second kappa shape index (κ2) is 3.04. The van der Waals surface area contributed by atoms with Gasteiger partial charge in [-0.05, 0) is 18.8 Å². The van der Waals surface area contributed by atoms with Gasteiger partial charge in [-0.25, -0.2) is 0 Å². The van der Waals surface area contributed by atoms with E-state index in [-0.39, 0.29) is 0 Å². The van der Waals surface area contributed by atoms with Crippen LogP contribution in [0.5, 0.6) is 0 Å². The van der Waals surface area contributed by atoms with Crippen molar-refractivity contribution in [3.63, 3.8) is 0 Å². The number of hydrogen-bond donors (Lipinski definition) is 2. The molecule has 0 amide bonds. The number of amidine groups is 1. The fraction of sp³-hybridized carbons (Fsp3) is 0.750. The lowest BCUT2D eigenvalue weighted by Crippen LogP contribution is -2.27. The molecule has 1 fully saturated rings. The molecule has 2 heteroatoms. The largest absolute Gasteiger partial charge is 0.387 e. The van der Waals surface area contributed by atoms with E-state index < -0.39 is 0 Å². The molecule has 10 heavy (non-hydrogen) atoms. The van der Waals surface area contributed by atoms with Crippen molar-refractivity contribution in [2.75, 3.05) is 0 Å². The minimum Gasteiger partial charge on any atom is -0.387 e. The predicted octanol–water partition coefficient (Wildman–Crippen LogP) is 1.56. The van der Waals surface area contributed by atoms with Gasteiger partial charge in [0.05, 0.1) is 5.84 Å². The van der Waals surface area contributed by atoms with Gasteiger partial charge in [0.2, 0.25) is 0 Å². The maximum atomic E-state index is 7.23. The molecule has 1 radical (unpaired) electrons. The van der Waals surface area contributed by atoms with Gasteiger partial charge >= 0.3 is 0 Å². The molecule has 0 aromatic carbocycles. The molecule has 1 saturated carbocycles. The van der Waals surface area contributed by atoms with Crippen LogP contribution in [-0.4, -0.2) is 5.84 Å². The Labute approximate surface area is 62.3 Å². The summed E-state index contributed by atoms with van der Waals surface area (Å²) in [6.07, 6.45) is 4.53. The van der Waals surface area contributed by atoms with Crippen LogP contribution in [0.15, 0.2) is 0 Å². The molecule has 2 nitrogen and oxygen atoms in total. The van der Waals surface area contributed by atoms with Crippen LogP contribution in [0.3, 0.4) is 0 Å². The Kier molecular flexibility index (Phi) is 2.30. The van der Waals surface area contributed by atoms with Gasteiger partial charge in [0.25, 0.3) is 0 Å². The lowest BCUT2D eigenvalue weighted by Gasteiger charge is -2.25. The monoisotopic (exact) mass is 139 g/mol. The van der Waals surface area contributed by atoms with Crippen LogP contribution in [-0.2, 0) is 0 Å². The molecule has 0 heterocycles. The van der Waals surface area contributed by atoms with Crippen LogP contribution in [0.4, 0.5) is 0 Å². The third-order valence-electron chi connectivity index (χ3n) is 2.22. The summed E-state index contributed by atoms with van der Waals surface area (Å²) in [6.45, 7) is 3.98. The van der Waals surface area contributed by atoms with Crippen LogP contribution in [0, 0.1) is 24.2 Å². The van der Waals surface area contributed by atoms with Crippen molar-refractivity contribution in [3.8, 4) is 0 Å². The first-order chi connectivity index (χ1) is 4.70. The maximum absolute atomic E-state index is 7.23. The molecule has 0 spiro atoms. The summed E-state index contributed by atoms with van der Waals surface area (Å²) in [5.41, 5.74) is 5.38. The Morgan fingerprint density at radius 1 is 1.50 bits per heavy atom. The molecule has 57 valence electrons. The lowest BCUT2D eigenvalue weighted by atomic mass is 9.82. The van der Waals surface area contributed by atoms with Crippen molar-refractivity contribution in [1.29, 1.82) is 5.41 Å². The third kappa shape index (κ3) is 1.72. The molecule has 2 atom stereocenters. The summed E-state index contributed by atoms with van der Waals surface area (Å²) in [5, 5.41) is 7.23. The van der Waals surface area contributed by atoms with Crippen LogP contribution in [0.2, 0.25) is 0 Å². The Morgan fingerprint density at radius 2 is 2.20 bits per heavy atom. The number of nitrogens with one attached hydrogen (secondary N) is 1. The highest BCUT2D eigenvalue weighted by molar-refractivity contribution is 5.79. The zero-order chi connectivity index (χ0) is 7.56. The van der Waals surface area contributed by atoms with Crippen molar-refractivity contribution in [3.05, 3.63) is 6.92 Å². The predicted molar refractivity (Wildman–Crippen MR) is 42.7 cm³/mol. The quantitative estimate of drug-likeness (QED) is 0.420. The topological polar surface area (TPSA) is 49.9 Å². The summed E-state index contributed by atoms with van der Waals surface area (Å²) in [6, 6.07) is 0. The first-order valence-corrected chi connectivity index (χ1v) is 3.87. The van der Waals surface area contributed by atoms with Gasteiger partial charge in [-0.15, -0.1) is 0 Å². The van der Waals surface area contributed by atoms with Crippen LogP contribution >= 0.6 is 0 Å². The molecule has 0 saturated heterocycles.